The van der Waals surface area contributed by atoms with E-state index in [1.54, 1.807) is 29.2 Å². The van der Waals surface area contributed by atoms with E-state index in [0.717, 1.165) is 12.8 Å². The molecule has 2 rings (SSSR count). The lowest BCUT2D eigenvalue weighted by Gasteiger charge is -2.32. The second-order valence-corrected chi connectivity index (χ2v) is 8.30. The number of benzene rings is 1. The summed E-state index contributed by atoms with van der Waals surface area (Å²) in [5.74, 6) is -0.592. The van der Waals surface area contributed by atoms with Crippen molar-refractivity contribution in [2.24, 2.45) is 5.92 Å². The zero-order valence-corrected chi connectivity index (χ0v) is 17.8. The van der Waals surface area contributed by atoms with Crippen molar-refractivity contribution in [3.63, 3.8) is 0 Å². The number of ether oxygens (including phenoxy) is 2. The topological polar surface area (TPSA) is 84.9 Å². The molecule has 0 unspecified atom stereocenters. The van der Waals surface area contributed by atoms with Crippen LogP contribution in [0.1, 0.15) is 63.7 Å². The molecule has 2 amide bonds. The molecular weight excluding hydrogens is 372 g/mol. The molecule has 1 aromatic rings. The highest BCUT2D eigenvalue weighted by Crippen LogP contribution is 2.21. The minimum absolute atomic E-state index is 0.0767. The first-order valence-electron chi connectivity index (χ1n) is 10.3. The molecule has 1 aliphatic heterocycles. The summed E-state index contributed by atoms with van der Waals surface area (Å²) in [6.07, 6.45) is 2.65. The van der Waals surface area contributed by atoms with Crippen LogP contribution in [0.4, 0.5) is 10.5 Å². The Labute approximate surface area is 172 Å². The molecule has 1 fully saturated rings. The van der Waals surface area contributed by atoms with Gasteiger partial charge in [-0.2, -0.15) is 0 Å². The normalized spacial score (nSPS) is 15.0. The van der Waals surface area contributed by atoms with Gasteiger partial charge in [0.25, 0.3) is 0 Å². The Hall–Kier alpha value is -2.57. The molecule has 1 heterocycles. The summed E-state index contributed by atoms with van der Waals surface area (Å²) < 4.78 is 10.6. The molecule has 7 nitrogen and oxygen atoms in total. The van der Waals surface area contributed by atoms with Crippen LogP contribution in [0, 0.1) is 5.92 Å². The number of hydrogen-bond donors (Lipinski definition) is 1. The van der Waals surface area contributed by atoms with Crippen molar-refractivity contribution < 1.29 is 23.9 Å². The Balaban J connectivity index is 1.81. The van der Waals surface area contributed by atoms with Gasteiger partial charge < -0.3 is 19.7 Å². The molecule has 1 N–H and O–H groups in total. The molecular formula is C22H32N2O5. The monoisotopic (exact) mass is 404 g/mol. The minimum Gasteiger partial charge on any atom is -0.462 e. The number of anilines is 1. The van der Waals surface area contributed by atoms with Crippen molar-refractivity contribution in [2.45, 2.75) is 59.0 Å². The zero-order valence-electron chi connectivity index (χ0n) is 17.8. The highest BCUT2D eigenvalue weighted by atomic mass is 16.6. The fourth-order valence-electron chi connectivity index (χ4n) is 2.98. The van der Waals surface area contributed by atoms with E-state index in [2.05, 4.69) is 5.32 Å². The van der Waals surface area contributed by atoms with Crippen molar-refractivity contribution in [2.75, 3.05) is 25.0 Å². The van der Waals surface area contributed by atoms with Crippen molar-refractivity contribution in [3.05, 3.63) is 29.8 Å². The molecule has 1 aliphatic rings. The van der Waals surface area contributed by atoms with E-state index < -0.39 is 5.60 Å². The zero-order chi connectivity index (χ0) is 21.4. The largest absolute Gasteiger partial charge is 0.462 e. The van der Waals surface area contributed by atoms with Gasteiger partial charge in [-0.1, -0.05) is 13.3 Å². The number of piperidine rings is 1. The van der Waals surface area contributed by atoms with Gasteiger partial charge in [0.05, 0.1) is 12.2 Å². The Morgan fingerprint density at radius 2 is 1.72 bits per heavy atom. The molecule has 29 heavy (non-hydrogen) atoms. The maximum Gasteiger partial charge on any atom is 0.410 e. The van der Waals surface area contributed by atoms with Crippen LogP contribution in [0.2, 0.25) is 0 Å². The summed E-state index contributed by atoms with van der Waals surface area (Å²) >= 11 is 0. The maximum atomic E-state index is 12.5. The highest BCUT2D eigenvalue weighted by Gasteiger charge is 2.29. The standard InChI is InChI=1S/C22H32N2O5/c1-5-6-15-28-20(26)17-7-9-18(10-8-17)23-19(25)16-11-13-24(14-12-16)21(27)29-22(2,3)4/h7-10,16H,5-6,11-15H2,1-4H3,(H,23,25). The lowest BCUT2D eigenvalue weighted by atomic mass is 9.96. The predicted molar refractivity (Wildman–Crippen MR) is 111 cm³/mol. The van der Waals surface area contributed by atoms with Gasteiger partial charge >= 0.3 is 12.1 Å². The van der Waals surface area contributed by atoms with E-state index in [0.29, 0.717) is 43.8 Å². The van der Waals surface area contributed by atoms with Crippen LogP contribution in [-0.2, 0) is 14.3 Å². The molecule has 0 saturated carbocycles. The summed E-state index contributed by atoms with van der Waals surface area (Å²) in [5.41, 5.74) is 0.569. The van der Waals surface area contributed by atoms with Crippen LogP contribution < -0.4 is 5.32 Å². The van der Waals surface area contributed by atoms with E-state index in [1.165, 1.54) is 0 Å². The second kappa shape index (κ2) is 10.3. The molecule has 0 aromatic heterocycles. The molecule has 0 bridgehead atoms. The number of esters is 1. The molecule has 0 atom stereocenters. The number of hydrogen-bond acceptors (Lipinski definition) is 5. The van der Waals surface area contributed by atoms with Crippen LogP contribution in [-0.4, -0.2) is 48.2 Å². The summed E-state index contributed by atoms with van der Waals surface area (Å²) in [7, 11) is 0. The SMILES string of the molecule is CCCCOC(=O)c1ccc(NC(=O)C2CCN(C(=O)OC(C)(C)C)CC2)cc1. The number of carbonyl (C=O) groups is 3. The molecule has 160 valence electrons. The van der Waals surface area contributed by atoms with Crippen molar-refractivity contribution in [3.8, 4) is 0 Å². The average Bonchev–Trinajstić information content (AvgIpc) is 2.67. The van der Waals surface area contributed by atoms with Gasteiger partial charge in [-0.15, -0.1) is 0 Å². The van der Waals surface area contributed by atoms with Crippen molar-refractivity contribution in [1.82, 2.24) is 4.90 Å². The number of rotatable bonds is 6. The summed E-state index contributed by atoms with van der Waals surface area (Å²) in [5, 5.41) is 2.89. The average molecular weight is 405 g/mol. The van der Waals surface area contributed by atoms with E-state index in [9.17, 15) is 14.4 Å². The molecule has 0 aliphatic carbocycles. The van der Waals surface area contributed by atoms with Gasteiger partial charge in [-0.05, 0) is 64.3 Å². The third-order valence-corrected chi connectivity index (χ3v) is 4.64. The number of carbonyl (C=O) groups excluding carboxylic acids is 3. The number of unbranched alkanes of at least 4 members (excludes halogenated alkanes) is 1. The Bertz CT molecular complexity index is 701. The first kappa shape index (κ1) is 22.7. The van der Waals surface area contributed by atoms with Crippen LogP contribution in [0.3, 0.4) is 0 Å². The van der Waals surface area contributed by atoms with E-state index >= 15 is 0 Å². The van der Waals surface area contributed by atoms with E-state index in [1.807, 2.05) is 27.7 Å². The second-order valence-electron chi connectivity index (χ2n) is 8.30. The Morgan fingerprint density at radius 1 is 1.10 bits per heavy atom. The van der Waals surface area contributed by atoms with Gasteiger partial charge in [0.2, 0.25) is 5.91 Å². The highest BCUT2D eigenvalue weighted by molar-refractivity contribution is 5.94. The molecule has 7 heteroatoms. The first-order valence-corrected chi connectivity index (χ1v) is 10.3. The minimum atomic E-state index is -0.528. The number of likely N-dealkylation sites (tertiary alicyclic amines) is 1. The van der Waals surface area contributed by atoms with Crippen molar-refractivity contribution >= 4 is 23.7 Å². The van der Waals surface area contributed by atoms with Crippen LogP contribution in [0.15, 0.2) is 24.3 Å². The number of nitrogens with zero attached hydrogens (tertiary/aromatic N) is 1. The van der Waals surface area contributed by atoms with Crippen LogP contribution in [0.25, 0.3) is 0 Å². The van der Waals surface area contributed by atoms with E-state index in [4.69, 9.17) is 9.47 Å². The van der Waals surface area contributed by atoms with Crippen LogP contribution >= 0.6 is 0 Å². The Kier molecular flexibility index (Phi) is 8.05. The van der Waals surface area contributed by atoms with E-state index in [-0.39, 0.29) is 23.9 Å². The number of amides is 2. The van der Waals surface area contributed by atoms with Gasteiger partial charge in [0.15, 0.2) is 0 Å². The quantitative estimate of drug-likeness (QED) is 0.566. The predicted octanol–water partition coefficient (Wildman–Crippen LogP) is 4.23. The van der Waals surface area contributed by atoms with Crippen molar-refractivity contribution in [1.29, 1.82) is 0 Å². The van der Waals surface area contributed by atoms with Gasteiger partial charge in [0, 0.05) is 24.7 Å². The summed E-state index contributed by atoms with van der Waals surface area (Å²) in [4.78, 5) is 38.2. The van der Waals surface area contributed by atoms with Gasteiger partial charge in [-0.25, -0.2) is 9.59 Å². The molecule has 0 radical (unpaired) electrons. The summed E-state index contributed by atoms with van der Waals surface area (Å²) in [6.45, 7) is 8.94. The third-order valence-electron chi connectivity index (χ3n) is 4.64. The Morgan fingerprint density at radius 3 is 2.28 bits per heavy atom. The lowest BCUT2D eigenvalue weighted by molar-refractivity contribution is -0.121. The smallest absolute Gasteiger partial charge is 0.410 e. The molecule has 1 aromatic carbocycles. The molecule has 0 spiro atoms. The third kappa shape index (κ3) is 7.40. The van der Waals surface area contributed by atoms with Gasteiger partial charge in [-0.3, -0.25) is 4.79 Å². The fraction of sp³-hybridized carbons (Fsp3) is 0.591. The van der Waals surface area contributed by atoms with Gasteiger partial charge in [0.1, 0.15) is 5.60 Å². The fourth-order valence-corrected chi connectivity index (χ4v) is 2.98. The first-order chi connectivity index (χ1) is 13.7. The maximum absolute atomic E-state index is 12.5. The van der Waals surface area contributed by atoms with Crippen LogP contribution in [0.5, 0.6) is 0 Å². The summed E-state index contributed by atoms with van der Waals surface area (Å²) in [6, 6.07) is 6.69. The lowest BCUT2D eigenvalue weighted by Crippen LogP contribution is -2.43. The molecule has 1 saturated heterocycles. The number of nitrogens with one attached hydrogen (secondary N) is 1.